The average Bonchev–Trinajstić information content (AvgIpc) is 2.43. The second-order valence-electron chi connectivity index (χ2n) is 4.14. The molecule has 0 aliphatic heterocycles. The first kappa shape index (κ1) is 14.0. The van der Waals surface area contributed by atoms with Gasteiger partial charge in [0.1, 0.15) is 11.8 Å². The molecule has 0 fully saturated rings. The Bertz CT molecular complexity index is 653. The monoisotopic (exact) mass is 277 g/mol. The van der Waals surface area contributed by atoms with Crippen molar-refractivity contribution in [1.29, 1.82) is 5.26 Å². The van der Waals surface area contributed by atoms with Crippen LogP contribution in [0.15, 0.2) is 24.4 Å². The first-order chi connectivity index (χ1) is 9.65. The second kappa shape index (κ2) is 6.15. The highest BCUT2D eigenvalue weighted by atomic mass is 19.3. The molecule has 0 unspecified atom stereocenters. The van der Waals surface area contributed by atoms with Crippen molar-refractivity contribution in [1.82, 2.24) is 4.98 Å². The van der Waals surface area contributed by atoms with Gasteiger partial charge in [-0.2, -0.15) is 14.0 Å². The lowest BCUT2D eigenvalue weighted by molar-refractivity contribution is -0.0497. The van der Waals surface area contributed by atoms with E-state index in [-0.39, 0.29) is 5.75 Å². The van der Waals surface area contributed by atoms with Crippen LogP contribution < -0.4 is 10.1 Å². The fourth-order valence-electron chi connectivity index (χ4n) is 1.87. The molecule has 0 saturated carbocycles. The SMILES string of the molecule is CCCNc1c(C#N)cnc2ccc(OC(F)F)cc12. The molecule has 0 spiro atoms. The Hall–Kier alpha value is -2.42. The number of anilines is 1. The highest BCUT2D eigenvalue weighted by molar-refractivity contribution is 5.94. The van der Waals surface area contributed by atoms with Crippen LogP contribution in [0.1, 0.15) is 18.9 Å². The summed E-state index contributed by atoms with van der Waals surface area (Å²) < 4.78 is 28.9. The van der Waals surface area contributed by atoms with Crippen molar-refractivity contribution >= 4 is 16.6 Å². The van der Waals surface area contributed by atoms with Gasteiger partial charge in [0.25, 0.3) is 0 Å². The van der Waals surface area contributed by atoms with Gasteiger partial charge in [-0.05, 0) is 24.6 Å². The number of nitriles is 1. The van der Waals surface area contributed by atoms with Crippen LogP contribution >= 0.6 is 0 Å². The number of benzene rings is 1. The quantitative estimate of drug-likeness (QED) is 0.908. The number of nitrogens with one attached hydrogen (secondary N) is 1. The van der Waals surface area contributed by atoms with Gasteiger partial charge >= 0.3 is 6.61 Å². The third kappa shape index (κ3) is 2.94. The maximum Gasteiger partial charge on any atom is 0.387 e. The standard InChI is InChI=1S/C14H13F2N3O/c1-2-5-18-13-9(7-17)8-19-12-4-3-10(6-11(12)13)20-14(15)16/h3-4,6,8,14H,2,5H2,1H3,(H,18,19). The van der Waals surface area contributed by atoms with E-state index in [4.69, 9.17) is 5.26 Å². The number of ether oxygens (including phenoxy) is 1. The molecule has 1 N–H and O–H groups in total. The Labute approximate surface area is 115 Å². The van der Waals surface area contributed by atoms with E-state index in [1.807, 2.05) is 13.0 Å². The number of fused-ring (bicyclic) bond motifs is 1. The van der Waals surface area contributed by atoms with Gasteiger partial charge < -0.3 is 10.1 Å². The van der Waals surface area contributed by atoms with E-state index in [9.17, 15) is 8.78 Å². The molecule has 0 atom stereocenters. The van der Waals surface area contributed by atoms with Crippen LogP contribution in [0.25, 0.3) is 10.9 Å². The first-order valence-electron chi connectivity index (χ1n) is 6.17. The number of pyridine rings is 1. The minimum Gasteiger partial charge on any atom is -0.435 e. The van der Waals surface area contributed by atoms with Gasteiger partial charge in [0.2, 0.25) is 0 Å². The minimum atomic E-state index is -2.88. The smallest absolute Gasteiger partial charge is 0.387 e. The van der Waals surface area contributed by atoms with Gasteiger partial charge in [-0.25, -0.2) is 0 Å². The maximum atomic E-state index is 12.3. The summed E-state index contributed by atoms with van der Waals surface area (Å²) in [5.74, 6) is 0.0453. The Morgan fingerprint density at radius 3 is 2.90 bits per heavy atom. The van der Waals surface area contributed by atoms with E-state index >= 15 is 0 Å². The van der Waals surface area contributed by atoms with Crippen molar-refractivity contribution in [3.8, 4) is 11.8 Å². The van der Waals surface area contributed by atoms with E-state index in [2.05, 4.69) is 15.0 Å². The highest BCUT2D eigenvalue weighted by Gasteiger charge is 2.11. The summed E-state index contributed by atoms with van der Waals surface area (Å²) in [5, 5.41) is 12.8. The predicted molar refractivity (Wildman–Crippen MR) is 71.9 cm³/mol. The van der Waals surface area contributed by atoms with Gasteiger partial charge in [0, 0.05) is 18.1 Å². The zero-order valence-electron chi connectivity index (χ0n) is 10.9. The molecule has 1 aromatic heterocycles. The molecular formula is C14H13F2N3O. The zero-order chi connectivity index (χ0) is 14.5. The van der Waals surface area contributed by atoms with Crippen molar-refractivity contribution < 1.29 is 13.5 Å². The van der Waals surface area contributed by atoms with Gasteiger partial charge in [-0.3, -0.25) is 4.98 Å². The number of hydrogen-bond acceptors (Lipinski definition) is 4. The molecular weight excluding hydrogens is 264 g/mol. The first-order valence-corrected chi connectivity index (χ1v) is 6.17. The lowest BCUT2D eigenvalue weighted by Gasteiger charge is -2.12. The number of aromatic nitrogens is 1. The minimum absolute atomic E-state index is 0.0453. The predicted octanol–water partition coefficient (Wildman–Crippen LogP) is 3.53. The van der Waals surface area contributed by atoms with Crippen molar-refractivity contribution in [3.05, 3.63) is 30.0 Å². The van der Waals surface area contributed by atoms with Crippen LogP contribution in [-0.4, -0.2) is 18.1 Å². The number of alkyl halides is 2. The Morgan fingerprint density at radius 1 is 1.45 bits per heavy atom. The summed E-state index contributed by atoms with van der Waals surface area (Å²) in [6.45, 7) is -0.215. The van der Waals surface area contributed by atoms with Crippen molar-refractivity contribution in [2.24, 2.45) is 0 Å². The number of hydrogen-bond donors (Lipinski definition) is 1. The van der Waals surface area contributed by atoms with Crippen LogP contribution in [0.3, 0.4) is 0 Å². The van der Waals surface area contributed by atoms with E-state index < -0.39 is 6.61 Å². The van der Waals surface area contributed by atoms with Crippen molar-refractivity contribution in [2.45, 2.75) is 20.0 Å². The maximum absolute atomic E-state index is 12.3. The summed E-state index contributed by atoms with van der Waals surface area (Å²) in [7, 11) is 0. The molecule has 4 nitrogen and oxygen atoms in total. The third-order valence-corrected chi connectivity index (χ3v) is 2.74. The fourth-order valence-corrected chi connectivity index (χ4v) is 1.87. The number of nitrogens with zero attached hydrogens (tertiary/aromatic N) is 2. The molecule has 6 heteroatoms. The molecule has 0 saturated heterocycles. The van der Waals surface area contributed by atoms with Gasteiger partial charge in [-0.1, -0.05) is 6.92 Å². The van der Waals surface area contributed by atoms with Crippen LogP contribution in [-0.2, 0) is 0 Å². The molecule has 0 bridgehead atoms. The molecule has 0 aliphatic rings. The average molecular weight is 277 g/mol. The zero-order valence-corrected chi connectivity index (χ0v) is 10.9. The molecule has 2 rings (SSSR count). The number of rotatable bonds is 5. The van der Waals surface area contributed by atoms with Gasteiger partial charge in [-0.15, -0.1) is 0 Å². The molecule has 20 heavy (non-hydrogen) atoms. The molecule has 104 valence electrons. The summed E-state index contributed by atoms with van der Waals surface area (Å²) in [6, 6.07) is 6.52. The number of halogens is 2. The van der Waals surface area contributed by atoms with E-state index in [1.165, 1.54) is 18.3 Å². The Balaban J connectivity index is 2.54. The molecule has 0 radical (unpaired) electrons. The van der Waals surface area contributed by atoms with Gasteiger partial charge in [0.05, 0.1) is 16.8 Å². The van der Waals surface area contributed by atoms with Crippen LogP contribution in [0.4, 0.5) is 14.5 Å². The summed E-state index contributed by atoms with van der Waals surface area (Å²) in [4.78, 5) is 4.14. The molecule has 0 amide bonds. The lowest BCUT2D eigenvalue weighted by atomic mass is 10.1. The van der Waals surface area contributed by atoms with Crippen LogP contribution in [0.5, 0.6) is 5.75 Å². The third-order valence-electron chi connectivity index (χ3n) is 2.74. The topological polar surface area (TPSA) is 57.9 Å². The second-order valence-corrected chi connectivity index (χ2v) is 4.14. The molecule has 0 aliphatic carbocycles. The molecule has 2 aromatic rings. The largest absolute Gasteiger partial charge is 0.435 e. The Kier molecular flexibility index (Phi) is 4.31. The Morgan fingerprint density at radius 2 is 2.25 bits per heavy atom. The summed E-state index contributed by atoms with van der Waals surface area (Å²) in [6.07, 6.45) is 2.34. The van der Waals surface area contributed by atoms with E-state index in [1.54, 1.807) is 6.07 Å². The van der Waals surface area contributed by atoms with Crippen LogP contribution in [0.2, 0.25) is 0 Å². The summed E-state index contributed by atoms with van der Waals surface area (Å²) >= 11 is 0. The van der Waals surface area contributed by atoms with Crippen molar-refractivity contribution in [2.75, 3.05) is 11.9 Å². The lowest BCUT2D eigenvalue weighted by Crippen LogP contribution is -2.05. The summed E-state index contributed by atoms with van der Waals surface area (Å²) in [5.41, 5.74) is 1.59. The fraction of sp³-hybridized carbons (Fsp3) is 0.286. The van der Waals surface area contributed by atoms with Crippen molar-refractivity contribution in [3.63, 3.8) is 0 Å². The van der Waals surface area contributed by atoms with Gasteiger partial charge in [0.15, 0.2) is 0 Å². The molecule has 1 heterocycles. The molecule has 1 aromatic carbocycles. The normalized spacial score (nSPS) is 10.6. The van der Waals surface area contributed by atoms with E-state index in [0.717, 1.165) is 6.42 Å². The van der Waals surface area contributed by atoms with Crippen LogP contribution in [0, 0.1) is 11.3 Å². The highest BCUT2D eigenvalue weighted by Crippen LogP contribution is 2.29. The van der Waals surface area contributed by atoms with E-state index in [0.29, 0.717) is 28.7 Å².